The van der Waals surface area contributed by atoms with Gasteiger partial charge in [-0.1, -0.05) is 12.1 Å². The number of aromatic nitrogens is 1. The Bertz CT molecular complexity index is 1010. The topological polar surface area (TPSA) is 104 Å². The van der Waals surface area contributed by atoms with Crippen LogP contribution in [-0.2, 0) is 28.2 Å². The fourth-order valence-corrected chi connectivity index (χ4v) is 4.02. The molecule has 1 fully saturated rings. The van der Waals surface area contributed by atoms with Crippen LogP contribution in [-0.4, -0.2) is 36.0 Å². The number of anilines is 1. The smallest absolute Gasteiger partial charge is 0.350 e. The Kier molecular flexibility index (Phi) is 5.28. The van der Waals surface area contributed by atoms with Crippen LogP contribution in [0.25, 0.3) is 10.9 Å². The zero-order chi connectivity index (χ0) is 20.5. The summed E-state index contributed by atoms with van der Waals surface area (Å²) in [6.45, 7) is 6.63. The first-order valence-corrected chi connectivity index (χ1v) is 10.7. The highest BCUT2D eigenvalue weighted by molar-refractivity contribution is 7.66. The molecule has 0 amide bonds. The van der Waals surface area contributed by atoms with Gasteiger partial charge in [0.2, 0.25) is 7.37 Å². The molecule has 1 aromatic heterocycles. The van der Waals surface area contributed by atoms with Crippen LogP contribution in [0.15, 0.2) is 42.2 Å². The third kappa shape index (κ3) is 4.08. The Balaban J connectivity index is 1.91. The number of benzene rings is 1. The van der Waals surface area contributed by atoms with Gasteiger partial charge in [0.05, 0.1) is 23.1 Å². The van der Waals surface area contributed by atoms with Crippen molar-refractivity contribution in [2.45, 2.75) is 26.6 Å². The van der Waals surface area contributed by atoms with Gasteiger partial charge in [-0.15, -0.1) is 0 Å². The molecule has 0 spiro atoms. The van der Waals surface area contributed by atoms with Crippen molar-refractivity contribution in [2.24, 2.45) is 0 Å². The van der Waals surface area contributed by atoms with Gasteiger partial charge in [-0.3, -0.25) is 9.55 Å². The number of ether oxygens (including phenoxy) is 2. The molecule has 3 rings (SSSR count). The molecule has 0 saturated carbocycles. The number of cyclic esters (lactones) is 2. The summed E-state index contributed by atoms with van der Waals surface area (Å²) in [5, 5.41) is 4.15. The molecule has 1 N–H and O–H groups in total. The van der Waals surface area contributed by atoms with Crippen LogP contribution in [0.3, 0.4) is 0 Å². The third-order valence-corrected chi connectivity index (χ3v) is 5.96. The van der Waals surface area contributed by atoms with Gasteiger partial charge in [-0.2, -0.15) is 0 Å². The minimum absolute atomic E-state index is 0.248. The van der Waals surface area contributed by atoms with Crippen LogP contribution in [0.1, 0.15) is 20.8 Å². The predicted molar refractivity (Wildman–Crippen MR) is 105 cm³/mol. The number of rotatable bonds is 5. The summed E-state index contributed by atoms with van der Waals surface area (Å²) in [5.41, 5.74) is 0.893. The summed E-state index contributed by atoms with van der Waals surface area (Å²) in [5.74, 6) is -2.84. The van der Waals surface area contributed by atoms with Crippen LogP contribution in [0.2, 0.25) is 0 Å². The molecular weight excluding hydrogens is 383 g/mol. The maximum atomic E-state index is 12.6. The number of para-hydroxylation sites is 1. The van der Waals surface area contributed by atoms with Crippen LogP contribution in [0, 0.1) is 0 Å². The van der Waals surface area contributed by atoms with Gasteiger partial charge in [0.1, 0.15) is 0 Å². The lowest BCUT2D eigenvalue weighted by Crippen LogP contribution is -2.42. The molecule has 148 valence electrons. The van der Waals surface area contributed by atoms with E-state index in [1.807, 2.05) is 6.07 Å². The van der Waals surface area contributed by atoms with Crippen LogP contribution in [0.5, 0.6) is 0 Å². The van der Waals surface area contributed by atoms with Crippen molar-refractivity contribution < 1.29 is 28.2 Å². The van der Waals surface area contributed by atoms with Crippen LogP contribution < -0.4 is 10.6 Å². The van der Waals surface area contributed by atoms with Gasteiger partial charge >= 0.3 is 11.9 Å². The summed E-state index contributed by atoms with van der Waals surface area (Å²) >= 11 is 0. The summed E-state index contributed by atoms with van der Waals surface area (Å²) in [6, 6.07) is 7.09. The maximum absolute atomic E-state index is 12.6. The molecule has 1 aromatic carbocycles. The number of fused-ring (bicyclic) bond motifs is 1. The highest BCUT2D eigenvalue weighted by atomic mass is 31.2. The standard InChI is InChI=1S/C19H21N2O6P/c1-5-25-28(4,24)13-9-12-7-6-8-15(16(12)21-10-13)20-11-14-17(22)26-19(2,3)27-18(14)23/h6-11,20H,5H2,1-4H3. The third-order valence-electron chi connectivity index (χ3n) is 4.03. The number of hydrogen-bond donors (Lipinski definition) is 1. The molecule has 8 nitrogen and oxygen atoms in total. The van der Waals surface area contributed by atoms with Crippen molar-refractivity contribution in [2.75, 3.05) is 18.6 Å². The maximum Gasteiger partial charge on any atom is 0.350 e. The van der Waals surface area contributed by atoms with Gasteiger partial charge in [0.25, 0.3) is 5.79 Å². The molecule has 0 radical (unpaired) electrons. The van der Waals surface area contributed by atoms with E-state index in [1.54, 1.807) is 31.8 Å². The first-order valence-electron chi connectivity index (χ1n) is 8.68. The second kappa shape index (κ2) is 7.37. The summed E-state index contributed by atoms with van der Waals surface area (Å²) in [4.78, 5) is 28.4. The molecule has 9 heteroatoms. The van der Waals surface area contributed by atoms with Crippen LogP contribution >= 0.6 is 7.37 Å². The zero-order valence-electron chi connectivity index (χ0n) is 16.0. The predicted octanol–water partition coefficient (Wildman–Crippen LogP) is 2.94. The van der Waals surface area contributed by atoms with E-state index in [9.17, 15) is 14.2 Å². The lowest BCUT2D eigenvalue weighted by molar-refractivity contribution is -0.222. The number of hydrogen-bond acceptors (Lipinski definition) is 8. The Morgan fingerprint density at radius 3 is 2.57 bits per heavy atom. The molecule has 1 aliphatic heterocycles. The van der Waals surface area contributed by atoms with Gasteiger partial charge in [0.15, 0.2) is 5.57 Å². The SMILES string of the molecule is CCOP(C)(=O)c1cnc2c(NC=C3C(=O)OC(C)(C)OC3=O)cccc2c1. The van der Waals surface area contributed by atoms with Crippen molar-refractivity contribution in [1.29, 1.82) is 0 Å². The zero-order valence-corrected chi connectivity index (χ0v) is 16.9. The second-order valence-electron chi connectivity index (χ2n) is 6.72. The minimum atomic E-state index is -2.95. The van der Waals surface area contributed by atoms with Crippen molar-refractivity contribution in [3.63, 3.8) is 0 Å². The Morgan fingerprint density at radius 2 is 1.93 bits per heavy atom. The Hall–Kier alpha value is -2.70. The number of carbonyl (C=O) groups excluding carboxylic acids is 2. The Morgan fingerprint density at radius 1 is 1.25 bits per heavy atom. The summed E-state index contributed by atoms with van der Waals surface area (Å²) in [6.07, 6.45) is 2.73. The average Bonchev–Trinajstić information content (AvgIpc) is 2.59. The lowest BCUT2D eigenvalue weighted by Gasteiger charge is -2.29. The lowest BCUT2D eigenvalue weighted by atomic mass is 10.2. The van der Waals surface area contributed by atoms with E-state index in [-0.39, 0.29) is 5.57 Å². The summed E-state index contributed by atoms with van der Waals surface area (Å²) in [7, 11) is -2.95. The molecule has 0 bridgehead atoms. The summed E-state index contributed by atoms with van der Waals surface area (Å²) < 4.78 is 28.1. The van der Waals surface area contributed by atoms with Gasteiger partial charge in [0, 0.05) is 38.3 Å². The largest absolute Gasteiger partial charge is 0.419 e. The monoisotopic (exact) mass is 404 g/mol. The van der Waals surface area contributed by atoms with E-state index in [0.29, 0.717) is 23.1 Å². The molecule has 2 heterocycles. The van der Waals surface area contributed by atoms with Crippen molar-refractivity contribution >= 4 is 41.2 Å². The first kappa shape index (κ1) is 20.0. The normalized spacial score (nSPS) is 18.2. The average molecular weight is 404 g/mol. The fraction of sp³-hybridized carbons (Fsp3) is 0.316. The second-order valence-corrected chi connectivity index (χ2v) is 9.18. The number of pyridine rings is 1. The number of nitrogens with zero attached hydrogens (tertiary/aromatic N) is 1. The fourth-order valence-electron chi connectivity index (χ4n) is 2.74. The minimum Gasteiger partial charge on any atom is -0.419 e. The molecular formula is C19H21N2O6P. The molecule has 1 atom stereocenters. The molecule has 1 unspecified atom stereocenters. The quantitative estimate of drug-likeness (QED) is 0.351. The highest BCUT2D eigenvalue weighted by Crippen LogP contribution is 2.41. The number of esters is 2. The van der Waals surface area contributed by atoms with Gasteiger partial charge < -0.3 is 19.3 Å². The van der Waals surface area contributed by atoms with Gasteiger partial charge in [-0.25, -0.2) is 9.59 Å². The van der Waals surface area contributed by atoms with E-state index < -0.39 is 25.1 Å². The van der Waals surface area contributed by atoms with E-state index in [2.05, 4.69) is 10.3 Å². The Labute approximate surface area is 162 Å². The highest BCUT2D eigenvalue weighted by Gasteiger charge is 2.39. The molecule has 2 aromatic rings. The van der Waals surface area contributed by atoms with Crippen molar-refractivity contribution in [3.8, 4) is 0 Å². The molecule has 28 heavy (non-hydrogen) atoms. The van der Waals surface area contributed by atoms with E-state index in [1.165, 1.54) is 26.2 Å². The molecule has 0 aliphatic carbocycles. The van der Waals surface area contributed by atoms with E-state index in [0.717, 1.165) is 5.39 Å². The molecule has 1 aliphatic rings. The van der Waals surface area contributed by atoms with Crippen molar-refractivity contribution in [3.05, 3.63) is 42.2 Å². The van der Waals surface area contributed by atoms with Crippen molar-refractivity contribution in [1.82, 2.24) is 4.98 Å². The van der Waals surface area contributed by atoms with Crippen LogP contribution in [0.4, 0.5) is 5.69 Å². The van der Waals surface area contributed by atoms with Gasteiger partial charge in [-0.05, 0) is 19.1 Å². The number of carbonyl (C=O) groups is 2. The van der Waals surface area contributed by atoms with E-state index >= 15 is 0 Å². The molecule has 1 saturated heterocycles. The number of nitrogens with one attached hydrogen (secondary N) is 1. The first-order chi connectivity index (χ1) is 13.1. The van der Waals surface area contributed by atoms with E-state index in [4.69, 9.17) is 14.0 Å².